The molecule has 24 heavy (non-hydrogen) atoms. The molecule has 3 aromatic rings. The van der Waals surface area contributed by atoms with Gasteiger partial charge in [-0.2, -0.15) is 0 Å². The summed E-state index contributed by atoms with van der Waals surface area (Å²) >= 11 is 10.7. The molecule has 0 N–H and O–H groups in total. The minimum atomic E-state index is -0.234. The Labute approximate surface area is 155 Å². The van der Waals surface area contributed by atoms with Crippen molar-refractivity contribution in [1.29, 1.82) is 0 Å². The van der Waals surface area contributed by atoms with Crippen molar-refractivity contribution in [1.82, 2.24) is 14.5 Å². The van der Waals surface area contributed by atoms with E-state index in [1.54, 1.807) is 30.1 Å². The fourth-order valence-electron chi connectivity index (χ4n) is 2.27. The highest BCUT2D eigenvalue weighted by atomic mass is 79.9. The van der Waals surface area contributed by atoms with Crippen molar-refractivity contribution in [3.63, 3.8) is 0 Å². The summed E-state index contributed by atoms with van der Waals surface area (Å²) in [6.45, 7) is 0.404. The van der Waals surface area contributed by atoms with Crippen LogP contribution in [0.25, 0.3) is 10.9 Å². The van der Waals surface area contributed by atoms with Crippen LogP contribution in [0.2, 0.25) is 4.34 Å². The van der Waals surface area contributed by atoms with E-state index in [9.17, 15) is 9.59 Å². The lowest BCUT2D eigenvalue weighted by molar-refractivity contribution is -0.131. The number of fused-ring (bicyclic) bond motifs is 1. The Hall–Kier alpha value is -1.70. The van der Waals surface area contributed by atoms with Crippen LogP contribution in [0, 0.1) is 0 Å². The SMILES string of the molecule is CN(Cc1ccc(Cl)s1)C(=O)Cn1cnc2ccc(Br)cc2c1=O. The van der Waals surface area contributed by atoms with E-state index < -0.39 is 0 Å². The highest BCUT2D eigenvalue weighted by Gasteiger charge is 2.13. The largest absolute Gasteiger partial charge is 0.339 e. The average molecular weight is 427 g/mol. The van der Waals surface area contributed by atoms with Gasteiger partial charge in [-0.3, -0.25) is 14.2 Å². The molecular formula is C16H13BrClN3O2S. The maximum absolute atomic E-state index is 12.5. The number of benzene rings is 1. The summed E-state index contributed by atoms with van der Waals surface area (Å²) in [7, 11) is 1.70. The second-order valence-corrected chi connectivity index (χ2v) is 8.01. The lowest BCUT2D eigenvalue weighted by Gasteiger charge is -2.17. The summed E-state index contributed by atoms with van der Waals surface area (Å²) < 4.78 is 2.81. The molecule has 0 atom stereocenters. The van der Waals surface area contributed by atoms with E-state index in [-0.39, 0.29) is 18.0 Å². The lowest BCUT2D eigenvalue weighted by Crippen LogP contribution is -2.33. The normalized spacial score (nSPS) is 11.0. The minimum absolute atomic E-state index is 0.0517. The number of amides is 1. The number of aromatic nitrogens is 2. The third-order valence-corrected chi connectivity index (χ3v) is 5.25. The minimum Gasteiger partial charge on any atom is -0.339 e. The third-order valence-electron chi connectivity index (χ3n) is 3.54. The van der Waals surface area contributed by atoms with Crippen LogP contribution in [0.15, 0.2) is 45.9 Å². The summed E-state index contributed by atoms with van der Waals surface area (Å²) in [6, 6.07) is 8.99. The topological polar surface area (TPSA) is 55.2 Å². The molecule has 0 unspecified atom stereocenters. The molecule has 3 rings (SSSR count). The Morgan fingerprint density at radius 2 is 2.17 bits per heavy atom. The smallest absolute Gasteiger partial charge is 0.261 e. The molecule has 0 saturated heterocycles. The van der Waals surface area contributed by atoms with Crippen molar-refractivity contribution < 1.29 is 4.79 Å². The average Bonchev–Trinajstić information content (AvgIpc) is 2.95. The molecule has 0 aliphatic heterocycles. The standard InChI is InChI=1S/C16H13BrClN3O2S/c1-20(7-11-3-5-14(18)24-11)15(22)8-21-9-19-13-4-2-10(17)6-12(13)16(21)23/h2-6,9H,7-8H2,1H3. The number of nitrogens with zero attached hydrogens (tertiary/aromatic N) is 3. The summed E-state index contributed by atoms with van der Waals surface area (Å²) in [5, 5.41) is 0.479. The van der Waals surface area contributed by atoms with Gasteiger partial charge >= 0.3 is 0 Å². The zero-order valence-corrected chi connectivity index (χ0v) is 15.9. The van der Waals surface area contributed by atoms with Gasteiger partial charge in [-0.15, -0.1) is 11.3 Å². The van der Waals surface area contributed by atoms with Crippen LogP contribution in [-0.2, 0) is 17.9 Å². The number of likely N-dealkylation sites (N-methyl/N-ethyl adjacent to an activating group) is 1. The Morgan fingerprint density at radius 3 is 2.88 bits per heavy atom. The molecule has 0 fully saturated rings. The summed E-state index contributed by atoms with van der Waals surface area (Å²) in [5.74, 6) is -0.169. The van der Waals surface area contributed by atoms with Crippen molar-refractivity contribution in [2.45, 2.75) is 13.1 Å². The molecule has 2 aromatic heterocycles. The number of hydrogen-bond donors (Lipinski definition) is 0. The van der Waals surface area contributed by atoms with Gasteiger partial charge in [0.25, 0.3) is 5.56 Å². The number of carbonyl (C=O) groups is 1. The number of halogens is 2. The van der Waals surface area contributed by atoms with E-state index in [4.69, 9.17) is 11.6 Å². The number of hydrogen-bond acceptors (Lipinski definition) is 4. The molecule has 1 aromatic carbocycles. The van der Waals surface area contributed by atoms with Gasteiger partial charge in [0, 0.05) is 16.4 Å². The first-order valence-corrected chi connectivity index (χ1v) is 9.05. The summed E-state index contributed by atoms with van der Waals surface area (Å²) in [4.78, 5) is 31.7. The van der Waals surface area contributed by atoms with E-state index in [0.717, 1.165) is 9.35 Å². The Morgan fingerprint density at radius 1 is 1.38 bits per heavy atom. The second-order valence-electron chi connectivity index (χ2n) is 5.29. The Kier molecular flexibility index (Phi) is 5.03. The summed E-state index contributed by atoms with van der Waals surface area (Å²) in [6.07, 6.45) is 1.41. The van der Waals surface area contributed by atoms with Gasteiger partial charge < -0.3 is 4.90 Å². The van der Waals surface area contributed by atoms with Gasteiger partial charge in [-0.05, 0) is 30.3 Å². The first-order chi connectivity index (χ1) is 11.4. The Bertz CT molecular complexity index is 969. The molecular weight excluding hydrogens is 414 g/mol. The van der Waals surface area contributed by atoms with Crippen LogP contribution in [0.3, 0.4) is 0 Å². The van der Waals surface area contributed by atoms with Crippen LogP contribution < -0.4 is 5.56 Å². The highest BCUT2D eigenvalue weighted by molar-refractivity contribution is 9.10. The molecule has 0 radical (unpaired) electrons. The fraction of sp³-hybridized carbons (Fsp3) is 0.188. The zero-order valence-electron chi connectivity index (χ0n) is 12.7. The van der Waals surface area contributed by atoms with E-state index >= 15 is 0 Å². The van der Waals surface area contributed by atoms with Gasteiger partial charge in [0.1, 0.15) is 6.54 Å². The molecule has 2 heterocycles. The molecule has 5 nitrogen and oxygen atoms in total. The highest BCUT2D eigenvalue weighted by Crippen LogP contribution is 2.22. The predicted octanol–water partition coefficient (Wildman–Crippen LogP) is 3.53. The van der Waals surface area contributed by atoms with Crippen LogP contribution in [0.5, 0.6) is 0 Å². The van der Waals surface area contributed by atoms with Crippen molar-refractivity contribution in [2.75, 3.05) is 7.05 Å². The van der Waals surface area contributed by atoms with E-state index in [2.05, 4.69) is 20.9 Å². The van der Waals surface area contributed by atoms with Gasteiger partial charge in [-0.25, -0.2) is 4.98 Å². The monoisotopic (exact) mass is 425 g/mol. The van der Waals surface area contributed by atoms with Crippen LogP contribution in [0.4, 0.5) is 0 Å². The molecule has 0 saturated carbocycles. The lowest BCUT2D eigenvalue weighted by atomic mass is 10.2. The molecule has 0 aliphatic rings. The van der Waals surface area contributed by atoms with Gasteiger partial charge in [0.05, 0.1) is 28.1 Å². The fourth-order valence-corrected chi connectivity index (χ4v) is 3.77. The van der Waals surface area contributed by atoms with Gasteiger partial charge in [0.2, 0.25) is 5.91 Å². The van der Waals surface area contributed by atoms with Gasteiger partial charge in [-0.1, -0.05) is 27.5 Å². The first-order valence-electron chi connectivity index (χ1n) is 7.07. The molecule has 124 valence electrons. The number of carbonyl (C=O) groups excluding carboxylic acids is 1. The second kappa shape index (κ2) is 7.04. The molecule has 0 aliphatic carbocycles. The quantitative estimate of drug-likeness (QED) is 0.641. The Balaban J connectivity index is 1.80. The van der Waals surface area contributed by atoms with Crippen LogP contribution in [-0.4, -0.2) is 27.4 Å². The first kappa shape index (κ1) is 17.1. The molecule has 1 amide bonds. The van der Waals surface area contributed by atoms with Crippen LogP contribution in [0.1, 0.15) is 4.88 Å². The maximum Gasteiger partial charge on any atom is 0.261 e. The number of thiophene rings is 1. The van der Waals surface area contributed by atoms with Crippen LogP contribution >= 0.6 is 38.9 Å². The zero-order chi connectivity index (χ0) is 17.3. The van der Waals surface area contributed by atoms with Crippen molar-refractivity contribution >= 4 is 55.7 Å². The molecule has 0 bridgehead atoms. The van der Waals surface area contributed by atoms with Crippen molar-refractivity contribution in [2.24, 2.45) is 0 Å². The number of rotatable bonds is 4. The predicted molar refractivity (Wildman–Crippen MR) is 99.5 cm³/mol. The van der Waals surface area contributed by atoms with Crippen molar-refractivity contribution in [3.8, 4) is 0 Å². The molecule has 0 spiro atoms. The third kappa shape index (κ3) is 3.68. The van der Waals surface area contributed by atoms with E-state index in [0.29, 0.717) is 21.8 Å². The molecule has 8 heteroatoms. The maximum atomic E-state index is 12.5. The van der Waals surface area contributed by atoms with Gasteiger partial charge in [0.15, 0.2) is 0 Å². The van der Waals surface area contributed by atoms with E-state index in [1.165, 1.54) is 22.2 Å². The van der Waals surface area contributed by atoms with Crippen molar-refractivity contribution in [3.05, 3.63) is 60.7 Å². The summed E-state index contributed by atoms with van der Waals surface area (Å²) in [5.41, 5.74) is 0.371. The van der Waals surface area contributed by atoms with E-state index in [1.807, 2.05) is 12.1 Å².